The molecule has 4 aliphatic rings. The third-order valence-electron chi connectivity index (χ3n) is 10.2. The third kappa shape index (κ3) is 3.86. The minimum absolute atomic E-state index is 0.0814. The Hall–Kier alpha value is -4.30. The van der Waals surface area contributed by atoms with E-state index in [0.717, 1.165) is 5.57 Å². The zero-order valence-electron chi connectivity index (χ0n) is 24.2. The first-order chi connectivity index (χ1) is 21.2. The van der Waals surface area contributed by atoms with Gasteiger partial charge in [0.15, 0.2) is 23.1 Å². The van der Waals surface area contributed by atoms with E-state index in [1.807, 2.05) is 66.7 Å². The van der Waals surface area contributed by atoms with Crippen molar-refractivity contribution < 1.29 is 29.0 Å². The van der Waals surface area contributed by atoms with E-state index in [1.165, 1.54) is 25.1 Å². The molecule has 2 fully saturated rings. The molecule has 2 amide bonds. The maximum absolute atomic E-state index is 15.0. The topological polar surface area (TPSA) is 101 Å². The van der Waals surface area contributed by atoms with E-state index >= 15 is 0 Å². The lowest BCUT2D eigenvalue weighted by atomic mass is 9.44. The van der Waals surface area contributed by atoms with Crippen LogP contribution in [0.5, 0.6) is 11.5 Å². The van der Waals surface area contributed by atoms with Crippen LogP contribution in [0, 0.1) is 23.7 Å². The average molecular weight is 653 g/mol. The van der Waals surface area contributed by atoms with E-state index in [0.29, 0.717) is 33.2 Å². The van der Waals surface area contributed by atoms with Crippen LogP contribution in [0.4, 0.5) is 0 Å². The number of methoxy groups -OCH3 is 1. The Bertz CT molecular complexity index is 1800. The fraction of sp³-hybridized carbons (Fsp3) is 0.278. The van der Waals surface area contributed by atoms with E-state index in [2.05, 4.69) is 15.9 Å². The van der Waals surface area contributed by atoms with Crippen LogP contribution in [0.2, 0.25) is 0 Å². The van der Waals surface area contributed by atoms with Crippen molar-refractivity contribution in [2.75, 3.05) is 14.2 Å². The number of fused-ring (bicyclic) bond motifs is 4. The molecule has 3 aromatic rings. The number of aromatic hydroxyl groups is 1. The fourth-order valence-electron chi connectivity index (χ4n) is 8.32. The van der Waals surface area contributed by atoms with E-state index in [9.17, 15) is 24.3 Å². The number of ketones is 2. The number of halogens is 1. The molecule has 8 heteroatoms. The summed E-state index contributed by atoms with van der Waals surface area (Å²) in [6.45, 7) is 0. The molecule has 1 heterocycles. The summed E-state index contributed by atoms with van der Waals surface area (Å²) in [5.41, 5.74) is 1.89. The molecule has 3 aromatic carbocycles. The highest BCUT2D eigenvalue weighted by atomic mass is 79.9. The molecule has 7 rings (SSSR count). The summed E-state index contributed by atoms with van der Waals surface area (Å²) >= 11 is 3.47. The van der Waals surface area contributed by atoms with Crippen molar-refractivity contribution in [2.45, 2.75) is 24.2 Å². The van der Waals surface area contributed by atoms with Crippen molar-refractivity contribution >= 4 is 44.9 Å². The van der Waals surface area contributed by atoms with Crippen LogP contribution >= 0.6 is 15.9 Å². The van der Waals surface area contributed by atoms with Gasteiger partial charge in [-0.2, -0.15) is 0 Å². The number of carbonyl (C=O) groups is 4. The van der Waals surface area contributed by atoms with Crippen molar-refractivity contribution in [3.05, 3.63) is 112 Å². The first-order valence-electron chi connectivity index (χ1n) is 14.7. The Morgan fingerprint density at radius 2 is 1.61 bits per heavy atom. The average Bonchev–Trinajstić information content (AvgIpc) is 3.27. The first-order valence-corrected chi connectivity index (χ1v) is 15.5. The van der Waals surface area contributed by atoms with E-state index in [-0.39, 0.29) is 41.3 Å². The molecule has 1 N–H and O–H groups in total. The molecule has 0 radical (unpaired) electrons. The zero-order valence-corrected chi connectivity index (χ0v) is 25.8. The van der Waals surface area contributed by atoms with Crippen molar-refractivity contribution in [1.29, 1.82) is 0 Å². The number of allylic oxidation sites excluding steroid dienone is 4. The maximum Gasteiger partial charge on any atom is 0.233 e. The Balaban J connectivity index is 1.55. The molecule has 0 bridgehead atoms. The van der Waals surface area contributed by atoms with E-state index in [1.54, 1.807) is 12.1 Å². The maximum atomic E-state index is 15.0. The minimum atomic E-state index is -1.34. The molecular weight excluding hydrogens is 622 g/mol. The lowest BCUT2D eigenvalue weighted by Crippen LogP contribution is -2.58. The number of phenolic OH excluding ortho intramolecular Hbond substituents is 1. The van der Waals surface area contributed by atoms with Crippen LogP contribution in [0.3, 0.4) is 0 Å². The molecule has 6 unspecified atom stereocenters. The number of likely N-dealkylation sites (tertiary alicyclic amines) is 1. The second-order valence-electron chi connectivity index (χ2n) is 12.1. The zero-order chi connectivity index (χ0) is 30.9. The van der Waals surface area contributed by atoms with Crippen LogP contribution in [-0.4, -0.2) is 47.5 Å². The Labute approximate surface area is 263 Å². The van der Waals surface area contributed by atoms with Gasteiger partial charge in [0.25, 0.3) is 0 Å². The Kier molecular flexibility index (Phi) is 6.73. The van der Waals surface area contributed by atoms with Gasteiger partial charge >= 0.3 is 0 Å². The van der Waals surface area contributed by atoms with Gasteiger partial charge in [0, 0.05) is 24.5 Å². The van der Waals surface area contributed by atoms with Crippen molar-refractivity contribution in [3.8, 4) is 11.5 Å². The highest BCUT2D eigenvalue weighted by Gasteiger charge is 2.65. The van der Waals surface area contributed by atoms with Gasteiger partial charge in [-0.15, -0.1) is 0 Å². The van der Waals surface area contributed by atoms with Crippen LogP contribution in [-0.2, 0) is 24.6 Å². The van der Waals surface area contributed by atoms with Gasteiger partial charge in [0.05, 0.1) is 28.8 Å². The quantitative estimate of drug-likeness (QED) is 0.290. The first kappa shape index (κ1) is 28.5. The number of rotatable bonds is 4. The number of hydrogen-bond donors (Lipinski definition) is 1. The molecule has 0 aromatic heterocycles. The van der Waals surface area contributed by atoms with Gasteiger partial charge in [-0.05, 0) is 69.6 Å². The third-order valence-corrected chi connectivity index (χ3v) is 10.8. The van der Waals surface area contributed by atoms with Crippen molar-refractivity contribution in [1.82, 2.24) is 4.90 Å². The Morgan fingerprint density at radius 1 is 0.932 bits per heavy atom. The van der Waals surface area contributed by atoms with Crippen LogP contribution in [0.25, 0.3) is 5.57 Å². The second kappa shape index (κ2) is 10.4. The fourth-order valence-corrected chi connectivity index (χ4v) is 8.78. The second-order valence-corrected chi connectivity index (χ2v) is 12.9. The number of imide groups is 1. The van der Waals surface area contributed by atoms with E-state index < -0.39 is 35.0 Å². The van der Waals surface area contributed by atoms with Crippen LogP contribution in [0.1, 0.15) is 35.4 Å². The van der Waals surface area contributed by atoms with Crippen LogP contribution in [0.15, 0.2) is 95.0 Å². The summed E-state index contributed by atoms with van der Waals surface area (Å²) < 4.78 is 5.92. The van der Waals surface area contributed by atoms with Crippen molar-refractivity contribution in [2.24, 2.45) is 23.7 Å². The number of Topliss-reactive ketones (excluding diaryl/α,β-unsaturated/α-hetero) is 1. The summed E-state index contributed by atoms with van der Waals surface area (Å²) in [6.07, 6.45) is 4.12. The minimum Gasteiger partial charge on any atom is -0.503 e. The van der Waals surface area contributed by atoms with Gasteiger partial charge in [0.1, 0.15) is 0 Å². The Morgan fingerprint density at radius 3 is 2.30 bits per heavy atom. The predicted molar refractivity (Wildman–Crippen MR) is 167 cm³/mol. The smallest absolute Gasteiger partial charge is 0.233 e. The predicted octanol–water partition coefficient (Wildman–Crippen LogP) is 5.62. The SMILES string of the molecule is COc1cc(C2C3=CCC4C(=O)N(C)C(=O)C4C3CC3C(=O)C(c4ccccc4)=CC(=O)C32c2ccccc2)cc(Br)c1O. The summed E-state index contributed by atoms with van der Waals surface area (Å²) in [7, 11) is 2.97. The molecule has 1 saturated heterocycles. The molecule has 222 valence electrons. The highest BCUT2D eigenvalue weighted by Crippen LogP contribution is 2.64. The van der Waals surface area contributed by atoms with Gasteiger partial charge in [-0.1, -0.05) is 72.3 Å². The number of amides is 2. The molecule has 1 aliphatic heterocycles. The van der Waals surface area contributed by atoms with Gasteiger partial charge in [-0.3, -0.25) is 24.1 Å². The lowest BCUT2D eigenvalue weighted by Gasteiger charge is -2.55. The molecule has 0 spiro atoms. The summed E-state index contributed by atoms with van der Waals surface area (Å²) in [5.74, 6) is -3.77. The van der Waals surface area contributed by atoms with E-state index in [4.69, 9.17) is 4.74 Å². The summed E-state index contributed by atoms with van der Waals surface area (Å²) in [5, 5.41) is 10.7. The number of benzene rings is 3. The number of nitrogens with zero attached hydrogens (tertiary/aromatic N) is 1. The molecule has 3 aliphatic carbocycles. The summed E-state index contributed by atoms with van der Waals surface area (Å²) in [6, 6.07) is 22.0. The van der Waals surface area contributed by atoms with Crippen LogP contribution < -0.4 is 4.74 Å². The largest absolute Gasteiger partial charge is 0.503 e. The normalized spacial score (nSPS) is 29.4. The number of ether oxygens (including phenoxy) is 1. The number of phenols is 1. The molecule has 1 saturated carbocycles. The summed E-state index contributed by atoms with van der Waals surface area (Å²) in [4.78, 5) is 57.8. The van der Waals surface area contributed by atoms with Crippen molar-refractivity contribution in [3.63, 3.8) is 0 Å². The highest BCUT2D eigenvalue weighted by molar-refractivity contribution is 9.10. The molecule has 6 atom stereocenters. The monoisotopic (exact) mass is 651 g/mol. The molecular formula is C36H30BrNO6. The standard InChI is InChI=1S/C36H30BrNO6/c1-38-34(42)23-14-13-22-25(30(23)35(38)43)17-26-32(40)24(19-9-5-3-6-10-19)18-29(39)36(26,21-11-7-4-8-12-21)31(22)20-15-27(37)33(41)28(16-20)44-2/h3-13,15-16,18,23,25-26,30-31,41H,14,17H2,1-2H3. The van der Waals surface area contributed by atoms with Gasteiger partial charge in [0.2, 0.25) is 11.8 Å². The number of carbonyl (C=O) groups excluding carboxylic acids is 4. The van der Waals surface area contributed by atoms with Gasteiger partial charge < -0.3 is 9.84 Å². The molecule has 7 nitrogen and oxygen atoms in total. The lowest BCUT2D eigenvalue weighted by molar-refractivity contribution is -0.139. The number of hydrogen-bond acceptors (Lipinski definition) is 6. The molecule has 44 heavy (non-hydrogen) atoms. The van der Waals surface area contributed by atoms with Gasteiger partial charge in [-0.25, -0.2) is 0 Å².